The molecule has 0 bridgehead atoms. The first-order valence-electron chi connectivity index (χ1n) is 6.58. The fraction of sp³-hybridized carbons (Fsp3) is 0.250. The summed E-state index contributed by atoms with van der Waals surface area (Å²) < 4.78 is 0.996. The van der Waals surface area contributed by atoms with Gasteiger partial charge in [0.05, 0.1) is 5.69 Å². The molecule has 0 fully saturated rings. The lowest BCUT2D eigenvalue weighted by Crippen LogP contribution is -1.96. The number of halogens is 1. The molecule has 0 aliphatic heterocycles. The summed E-state index contributed by atoms with van der Waals surface area (Å²) in [6.07, 6.45) is 3.70. The predicted molar refractivity (Wildman–Crippen MR) is 85.0 cm³/mol. The van der Waals surface area contributed by atoms with Crippen LogP contribution in [-0.4, -0.2) is 0 Å². The van der Waals surface area contributed by atoms with E-state index in [1.807, 2.05) is 13.0 Å². The van der Waals surface area contributed by atoms with E-state index in [0.29, 0.717) is 0 Å². The number of nitrogens with two attached hydrogens (primary N) is 1. The van der Waals surface area contributed by atoms with Gasteiger partial charge in [0.15, 0.2) is 0 Å². The van der Waals surface area contributed by atoms with Gasteiger partial charge in [0.25, 0.3) is 0 Å². The fourth-order valence-electron chi connectivity index (χ4n) is 2.60. The van der Waals surface area contributed by atoms with E-state index in [1.165, 1.54) is 30.4 Å². The summed E-state index contributed by atoms with van der Waals surface area (Å²) in [7, 11) is 0. The summed E-state index contributed by atoms with van der Waals surface area (Å²) in [5.74, 6) is 0. The molecule has 0 unspecified atom stereocenters. The lowest BCUT2D eigenvalue weighted by atomic mass is 10.1. The number of rotatable bonds is 2. The molecule has 1 aliphatic rings. The number of hydrogen-bond acceptors (Lipinski definition) is 2. The Balaban J connectivity index is 1.91. The van der Waals surface area contributed by atoms with E-state index in [9.17, 15) is 0 Å². The van der Waals surface area contributed by atoms with E-state index in [-0.39, 0.29) is 0 Å². The summed E-state index contributed by atoms with van der Waals surface area (Å²) in [4.78, 5) is 0. The van der Waals surface area contributed by atoms with Gasteiger partial charge in [-0.1, -0.05) is 6.07 Å². The minimum Gasteiger partial charge on any atom is -0.398 e. The van der Waals surface area contributed by atoms with Crippen LogP contribution in [0.25, 0.3) is 0 Å². The van der Waals surface area contributed by atoms with Crippen molar-refractivity contribution in [2.75, 3.05) is 11.1 Å². The molecule has 0 heterocycles. The molecule has 0 saturated heterocycles. The molecule has 1 aliphatic carbocycles. The van der Waals surface area contributed by atoms with E-state index in [4.69, 9.17) is 5.73 Å². The van der Waals surface area contributed by atoms with Crippen LogP contribution in [0.1, 0.15) is 23.1 Å². The van der Waals surface area contributed by atoms with E-state index in [1.54, 1.807) is 0 Å². The normalized spacial score (nSPS) is 13.4. The van der Waals surface area contributed by atoms with Crippen LogP contribution in [0.4, 0.5) is 17.1 Å². The Bertz CT molecular complexity index is 635. The third-order valence-electron chi connectivity index (χ3n) is 3.73. The second-order valence-electron chi connectivity index (χ2n) is 5.15. The SMILES string of the molecule is Cc1cc(Nc2ccc3c(c2)CCC3)c(Br)cc1N. The molecule has 2 aromatic rings. The zero-order valence-electron chi connectivity index (χ0n) is 11.0. The molecule has 3 N–H and O–H groups in total. The fourth-order valence-corrected chi connectivity index (χ4v) is 3.06. The maximum Gasteiger partial charge on any atom is 0.0532 e. The van der Waals surface area contributed by atoms with Crippen LogP contribution in [0.2, 0.25) is 0 Å². The van der Waals surface area contributed by atoms with Crippen molar-refractivity contribution in [3.63, 3.8) is 0 Å². The quantitative estimate of drug-likeness (QED) is 0.796. The number of fused-ring (bicyclic) bond motifs is 1. The van der Waals surface area contributed by atoms with Crippen LogP contribution < -0.4 is 11.1 Å². The van der Waals surface area contributed by atoms with Crippen molar-refractivity contribution >= 4 is 33.0 Å². The van der Waals surface area contributed by atoms with Gasteiger partial charge in [0.1, 0.15) is 0 Å². The van der Waals surface area contributed by atoms with Gasteiger partial charge < -0.3 is 11.1 Å². The maximum atomic E-state index is 5.90. The lowest BCUT2D eigenvalue weighted by molar-refractivity contribution is 0.912. The monoisotopic (exact) mass is 316 g/mol. The van der Waals surface area contributed by atoms with Gasteiger partial charge in [0.2, 0.25) is 0 Å². The standard InChI is InChI=1S/C16H17BrN2/c1-10-7-16(14(17)9-15(10)18)19-13-6-5-11-3-2-4-12(11)8-13/h5-9,19H,2-4,18H2,1H3. The summed E-state index contributed by atoms with van der Waals surface area (Å²) in [6, 6.07) is 10.7. The highest BCUT2D eigenvalue weighted by molar-refractivity contribution is 9.10. The molecule has 0 atom stereocenters. The summed E-state index contributed by atoms with van der Waals surface area (Å²) in [5.41, 5.74) is 13.0. The second kappa shape index (κ2) is 4.89. The smallest absolute Gasteiger partial charge is 0.0532 e. The Labute approximate surface area is 122 Å². The summed E-state index contributed by atoms with van der Waals surface area (Å²) >= 11 is 3.56. The Morgan fingerprint density at radius 2 is 1.89 bits per heavy atom. The van der Waals surface area contributed by atoms with E-state index >= 15 is 0 Å². The highest BCUT2D eigenvalue weighted by atomic mass is 79.9. The van der Waals surface area contributed by atoms with Crippen LogP contribution in [0.15, 0.2) is 34.8 Å². The third-order valence-corrected chi connectivity index (χ3v) is 4.39. The minimum atomic E-state index is 0.811. The van der Waals surface area contributed by atoms with Crippen molar-refractivity contribution in [3.05, 3.63) is 51.5 Å². The number of nitrogens with one attached hydrogen (secondary N) is 1. The van der Waals surface area contributed by atoms with Crippen molar-refractivity contribution in [2.24, 2.45) is 0 Å². The lowest BCUT2D eigenvalue weighted by Gasteiger charge is -2.12. The number of aryl methyl sites for hydroxylation is 3. The van der Waals surface area contributed by atoms with Crippen molar-refractivity contribution < 1.29 is 0 Å². The van der Waals surface area contributed by atoms with Crippen molar-refractivity contribution in [1.82, 2.24) is 0 Å². The van der Waals surface area contributed by atoms with Crippen LogP contribution in [0, 0.1) is 6.92 Å². The third kappa shape index (κ3) is 2.47. The molecule has 0 amide bonds. The average molecular weight is 317 g/mol. The van der Waals surface area contributed by atoms with Gasteiger partial charge in [-0.3, -0.25) is 0 Å². The Kier molecular flexibility index (Phi) is 3.23. The zero-order valence-corrected chi connectivity index (χ0v) is 12.5. The first kappa shape index (κ1) is 12.5. The van der Waals surface area contributed by atoms with E-state index in [2.05, 4.69) is 45.5 Å². The topological polar surface area (TPSA) is 38.0 Å². The molecule has 0 spiro atoms. The van der Waals surface area contributed by atoms with E-state index < -0.39 is 0 Å². The molecular formula is C16H17BrN2. The minimum absolute atomic E-state index is 0.811. The molecule has 2 aromatic carbocycles. The van der Waals surface area contributed by atoms with Crippen LogP contribution in [0.5, 0.6) is 0 Å². The van der Waals surface area contributed by atoms with Crippen LogP contribution in [-0.2, 0) is 12.8 Å². The number of hydrogen-bond donors (Lipinski definition) is 2. The van der Waals surface area contributed by atoms with Crippen molar-refractivity contribution in [1.29, 1.82) is 0 Å². The van der Waals surface area contributed by atoms with Crippen LogP contribution >= 0.6 is 15.9 Å². The largest absolute Gasteiger partial charge is 0.398 e. The summed E-state index contributed by atoms with van der Waals surface area (Å²) in [6.45, 7) is 2.02. The van der Waals surface area contributed by atoms with Crippen molar-refractivity contribution in [2.45, 2.75) is 26.2 Å². The van der Waals surface area contributed by atoms with Gasteiger partial charge in [-0.05, 0) is 83.1 Å². The molecule has 0 radical (unpaired) electrons. The van der Waals surface area contributed by atoms with Gasteiger partial charge in [-0.15, -0.1) is 0 Å². The highest BCUT2D eigenvalue weighted by Gasteiger charge is 2.11. The number of anilines is 3. The molecule has 98 valence electrons. The van der Waals surface area contributed by atoms with Crippen LogP contribution in [0.3, 0.4) is 0 Å². The molecule has 19 heavy (non-hydrogen) atoms. The summed E-state index contributed by atoms with van der Waals surface area (Å²) in [5, 5.41) is 3.47. The molecule has 0 aromatic heterocycles. The first-order valence-corrected chi connectivity index (χ1v) is 7.37. The molecule has 3 heteroatoms. The maximum absolute atomic E-state index is 5.90. The van der Waals surface area contributed by atoms with Crippen molar-refractivity contribution in [3.8, 4) is 0 Å². The van der Waals surface area contributed by atoms with Gasteiger partial charge in [-0.2, -0.15) is 0 Å². The predicted octanol–water partition coefficient (Wildman–Crippen LogP) is 4.57. The Hall–Kier alpha value is -1.48. The highest BCUT2D eigenvalue weighted by Crippen LogP contribution is 2.32. The zero-order chi connectivity index (χ0) is 13.4. The Morgan fingerprint density at radius 3 is 2.74 bits per heavy atom. The van der Waals surface area contributed by atoms with E-state index in [0.717, 1.165) is 27.1 Å². The number of benzene rings is 2. The average Bonchev–Trinajstić information content (AvgIpc) is 2.83. The molecule has 0 saturated carbocycles. The molecular weight excluding hydrogens is 300 g/mol. The first-order chi connectivity index (χ1) is 9.13. The van der Waals surface area contributed by atoms with Gasteiger partial charge in [0, 0.05) is 15.8 Å². The number of nitrogen functional groups attached to an aromatic ring is 1. The Morgan fingerprint density at radius 1 is 1.11 bits per heavy atom. The second-order valence-corrected chi connectivity index (χ2v) is 6.01. The van der Waals surface area contributed by atoms with Gasteiger partial charge in [-0.25, -0.2) is 0 Å². The molecule has 3 rings (SSSR count). The van der Waals surface area contributed by atoms with Gasteiger partial charge >= 0.3 is 0 Å². The molecule has 2 nitrogen and oxygen atoms in total.